The number of aryl methyl sites for hydroxylation is 1. The van der Waals surface area contributed by atoms with Crippen LogP contribution in [0, 0.1) is 0 Å². The van der Waals surface area contributed by atoms with E-state index in [9.17, 15) is 4.79 Å². The van der Waals surface area contributed by atoms with Crippen LogP contribution in [0.25, 0.3) is 0 Å². The first-order valence-electron chi connectivity index (χ1n) is 7.86. The highest BCUT2D eigenvalue weighted by Gasteiger charge is 2.21. The molecule has 1 N–H and O–H groups in total. The number of anilines is 1. The van der Waals surface area contributed by atoms with E-state index in [0.29, 0.717) is 12.6 Å². The molecule has 0 spiro atoms. The topological polar surface area (TPSA) is 35.6 Å². The zero-order chi connectivity index (χ0) is 15.2. The van der Waals surface area contributed by atoms with Crippen LogP contribution in [0.5, 0.6) is 0 Å². The lowest BCUT2D eigenvalue weighted by atomic mass is 10.0. The van der Waals surface area contributed by atoms with Crippen LogP contribution in [0.2, 0.25) is 0 Å². The molecule has 1 saturated heterocycles. The predicted octanol–water partition coefficient (Wildman–Crippen LogP) is 2.21. The van der Waals surface area contributed by atoms with Gasteiger partial charge in [-0.25, -0.2) is 0 Å². The van der Waals surface area contributed by atoms with Crippen LogP contribution in [0.15, 0.2) is 24.3 Å². The number of rotatable bonds is 5. The van der Waals surface area contributed by atoms with Crippen LogP contribution in [-0.4, -0.2) is 55.5 Å². The molecule has 0 saturated carbocycles. The number of nitrogens with zero attached hydrogens (tertiary/aromatic N) is 2. The maximum absolute atomic E-state index is 12.1. The van der Waals surface area contributed by atoms with E-state index in [4.69, 9.17) is 0 Å². The van der Waals surface area contributed by atoms with Crippen LogP contribution in [0.3, 0.4) is 0 Å². The first kappa shape index (κ1) is 16.0. The highest BCUT2D eigenvalue weighted by Crippen LogP contribution is 2.15. The zero-order valence-corrected chi connectivity index (χ0v) is 13.4. The van der Waals surface area contributed by atoms with Gasteiger partial charge in [0.2, 0.25) is 5.91 Å². The number of benzene rings is 1. The van der Waals surface area contributed by atoms with Gasteiger partial charge in [0.15, 0.2) is 0 Å². The minimum absolute atomic E-state index is 0.0894. The molecule has 0 aromatic heterocycles. The number of amides is 1. The second-order valence-corrected chi connectivity index (χ2v) is 6.07. The molecule has 1 aliphatic heterocycles. The predicted molar refractivity (Wildman–Crippen MR) is 87.6 cm³/mol. The monoisotopic (exact) mass is 289 g/mol. The van der Waals surface area contributed by atoms with E-state index in [0.717, 1.165) is 38.0 Å². The third kappa shape index (κ3) is 4.83. The molecule has 116 valence electrons. The molecule has 4 nitrogen and oxygen atoms in total. The first-order valence-corrected chi connectivity index (χ1v) is 7.86. The van der Waals surface area contributed by atoms with Crippen molar-refractivity contribution < 1.29 is 4.79 Å². The van der Waals surface area contributed by atoms with Crippen molar-refractivity contribution in [2.24, 2.45) is 0 Å². The van der Waals surface area contributed by atoms with Crippen LogP contribution >= 0.6 is 0 Å². The van der Waals surface area contributed by atoms with Gasteiger partial charge in [-0.1, -0.05) is 19.1 Å². The summed E-state index contributed by atoms with van der Waals surface area (Å²) in [6.45, 7) is 4.63. The van der Waals surface area contributed by atoms with E-state index < -0.39 is 0 Å². The van der Waals surface area contributed by atoms with E-state index in [-0.39, 0.29) is 5.91 Å². The SMILES string of the molecule is CCc1cccc(NC(=O)CN2CCC(N(C)C)CC2)c1. The molecular weight excluding hydrogens is 262 g/mol. The molecule has 1 aliphatic rings. The molecule has 1 aromatic rings. The van der Waals surface area contributed by atoms with Gasteiger partial charge in [-0.15, -0.1) is 0 Å². The minimum Gasteiger partial charge on any atom is -0.325 e. The lowest BCUT2D eigenvalue weighted by Crippen LogP contribution is -2.44. The smallest absolute Gasteiger partial charge is 0.238 e. The number of carbonyl (C=O) groups is 1. The number of hydrogen-bond acceptors (Lipinski definition) is 3. The molecule has 1 aromatic carbocycles. The van der Waals surface area contributed by atoms with E-state index in [1.54, 1.807) is 0 Å². The van der Waals surface area contributed by atoms with Crippen molar-refractivity contribution in [3.63, 3.8) is 0 Å². The summed E-state index contributed by atoms with van der Waals surface area (Å²) in [6, 6.07) is 8.75. The van der Waals surface area contributed by atoms with Crippen molar-refractivity contribution in [2.75, 3.05) is 39.0 Å². The largest absolute Gasteiger partial charge is 0.325 e. The molecule has 1 fully saturated rings. The van der Waals surface area contributed by atoms with Gasteiger partial charge in [0, 0.05) is 24.8 Å². The lowest BCUT2D eigenvalue weighted by molar-refractivity contribution is -0.117. The highest BCUT2D eigenvalue weighted by atomic mass is 16.2. The number of likely N-dealkylation sites (tertiary alicyclic amines) is 1. The van der Waals surface area contributed by atoms with Gasteiger partial charge in [-0.05, 0) is 51.1 Å². The molecule has 1 amide bonds. The Hall–Kier alpha value is -1.39. The number of carbonyl (C=O) groups excluding carboxylic acids is 1. The third-order valence-electron chi connectivity index (χ3n) is 4.27. The molecule has 0 bridgehead atoms. The average Bonchev–Trinajstić information content (AvgIpc) is 2.47. The minimum atomic E-state index is 0.0894. The summed E-state index contributed by atoms with van der Waals surface area (Å²) in [6.07, 6.45) is 3.28. The summed E-state index contributed by atoms with van der Waals surface area (Å²) >= 11 is 0. The van der Waals surface area contributed by atoms with Crippen LogP contribution < -0.4 is 5.32 Å². The van der Waals surface area contributed by atoms with Crippen molar-refractivity contribution in [2.45, 2.75) is 32.2 Å². The fourth-order valence-electron chi connectivity index (χ4n) is 2.87. The molecule has 21 heavy (non-hydrogen) atoms. The maximum Gasteiger partial charge on any atom is 0.238 e. The van der Waals surface area contributed by atoms with Gasteiger partial charge in [-0.3, -0.25) is 9.69 Å². The Morgan fingerprint density at radius 1 is 1.33 bits per heavy atom. The molecule has 1 heterocycles. The van der Waals surface area contributed by atoms with Crippen molar-refractivity contribution in [3.05, 3.63) is 29.8 Å². The Kier molecular flexibility index (Phi) is 5.76. The number of hydrogen-bond donors (Lipinski definition) is 1. The van der Waals surface area contributed by atoms with Crippen LogP contribution in [0.1, 0.15) is 25.3 Å². The van der Waals surface area contributed by atoms with Crippen molar-refractivity contribution >= 4 is 11.6 Å². The fraction of sp³-hybridized carbons (Fsp3) is 0.588. The standard InChI is InChI=1S/C17H27N3O/c1-4-14-6-5-7-15(12-14)18-17(21)13-20-10-8-16(9-11-20)19(2)3/h5-7,12,16H,4,8-11,13H2,1-3H3,(H,18,21). The van der Waals surface area contributed by atoms with Gasteiger partial charge in [0.25, 0.3) is 0 Å². The molecule has 0 radical (unpaired) electrons. The summed E-state index contributed by atoms with van der Waals surface area (Å²) in [7, 11) is 4.27. The van der Waals surface area contributed by atoms with Crippen molar-refractivity contribution in [1.29, 1.82) is 0 Å². The van der Waals surface area contributed by atoms with Crippen molar-refractivity contribution in [3.8, 4) is 0 Å². The average molecular weight is 289 g/mol. The lowest BCUT2D eigenvalue weighted by Gasteiger charge is -2.34. The molecule has 4 heteroatoms. The zero-order valence-electron chi connectivity index (χ0n) is 13.4. The highest BCUT2D eigenvalue weighted by molar-refractivity contribution is 5.92. The van der Waals surface area contributed by atoms with Crippen LogP contribution in [-0.2, 0) is 11.2 Å². The van der Waals surface area contributed by atoms with Crippen LogP contribution in [0.4, 0.5) is 5.69 Å². The summed E-state index contributed by atoms with van der Waals surface area (Å²) in [5, 5.41) is 3.01. The Labute approximate surface area is 128 Å². The molecule has 0 atom stereocenters. The Bertz CT molecular complexity index is 465. The second kappa shape index (κ2) is 7.57. The summed E-state index contributed by atoms with van der Waals surface area (Å²) in [5.41, 5.74) is 2.15. The summed E-state index contributed by atoms with van der Waals surface area (Å²) in [4.78, 5) is 16.7. The normalized spacial score (nSPS) is 17.1. The van der Waals surface area contributed by atoms with Crippen molar-refractivity contribution in [1.82, 2.24) is 9.80 Å². The Morgan fingerprint density at radius 2 is 2.05 bits per heavy atom. The number of nitrogens with one attached hydrogen (secondary N) is 1. The molecule has 2 rings (SSSR count). The quantitative estimate of drug-likeness (QED) is 0.903. The molecule has 0 unspecified atom stereocenters. The van der Waals surface area contributed by atoms with E-state index >= 15 is 0 Å². The van der Waals surface area contributed by atoms with Gasteiger partial charge in [0.1, 0.15) is 0 Å². The Morgan fingerprint density at radius 3 is 2.67 bits per heavy atom. The fourth-order valence-corrected chi connectivity index (χ4v) is 2.87. The first-order chi connectivity index (χ1) is 10.1. The van der Waals surface area contributed by atoms with E-state index in [2.05, 4.69) is 48.3 Å². The van der Waals surface area contributed by atoms with Gasteiger partial charge in [-0.2, -0.15) is 0 Å². The summed E-state index contributed by atoms with van der Waals surface area (Å²) < 4.78 is 0. The van der Waals surface area contributed by atoms with Gasteiger partial charge < -0.3 is 10.2 Å². The molecule has 0 aliphatic carbocycles. The van der Waals surface area contributed by atoms with E-state index in [1.807, 2.05) is 12.1 Å². The van der Waals surface area contributed by atoms with Gasteiger partial charge in [0.05, 0.1) is 6.54 Å². The van der Waals surface area contributed by atoms with E-state index in [1.165, 1.54) is 5.56 Å². The van der Waals surface area contributed by atoms with Gasteiger partial charge >= 0.3 is 0 Å². The Balaban J connectivity index is 1.80. The number of piperidine rings is 1. The second-order valence-electron chi connectivity index (χ2n) is 6.07. The maximum atomic E-state index is 12.1. The third-order valence-corrected chi connectivity index (χ3v) is 4.27. The summed E-state index contributed by atoms with van der Waals surface area (Å²) in [5.74, 6) is 0.0894. The molecular formula is C17H27N3O.